The molecule has 0 bridgehead atoms. The molecule has 0 saturated carbocycles. The lowest BCUT2D eigenvalue weighted by Crippen LogP contribution is -2.22. The van der Waals surface area contributed by atoms with Crippen molar-refractivity contribution in [3.63, 3.8) is 0 Å². The molecule has 0 aliphatic rings. The number of nitrogens with one attached hydrogen (secondary N) is 1. The first-order valence-corrected chi connectivity index (χ1v) is 9.16. The molecule has 0 saturated heterocycles. The number of carbonyl (C=O) groups excluding carboxylic acids is 2. The van der Waals surface area contributed by atoms with Gasteiger partial charge in [0, 0.05) is 6.26 Å². The van der Waals surface area contributed by atoms with Crippen LogP contribution in [0.25, 0.3) is 0 Å². The molecule has 0 unspecified atom stereocenters. The highest BCUT2D eigenvalue weighted by Gasteiger charge is 2.20. The Morgan fingerprint density at radius 2 is 1.88 bits per heavy atom. The molecule has 0 atom stereocenters. The van der Waals surface area contributed by atoms with Crippen molar-refractivity contribution in [1.29, 1.82) is 0 Å². The SMILES string of the molecule is CS(=O)(=O)c1ccccc1C(=O)OCC(=O)Nc1ccc(F)cc1Cl. The minimum Gasteiger partial charge on any atom is -0.452 e. The van der Waals surface area contributed by atoms with Crippen molar-refractivity contribution in [3.05, 3.63) is 58.9 Å². The molecular weight excluding hydrogens is 373 g/mol. The molecule has 2 rings (SSSR count). The number of ether oxygens (including phenoxy) is 1. The predicted molar refractivity (Wildman–Crippen MR) is 89.9 cm³/mol. The van der Waals surface area contributed by atoms with E-state index >= 15 is 0 Å². The summed E-state index contributed by atoms with van der Waals surface area (Å²) in [7, 11) is -3.63. The van der Waals surface area contributed by atoms with Crippen LogP contribution in [0.15, 0.2) is 47.4 Å². The van der Waals surface area contributed by atoms with Gasteiger partial charge in [-0.15, -0.1) is 0 Å². The lowest BCUT2D eigenvalue weighted by molar-refractivity contribution is -0.119. The molecule has 2 aromatic rings. The molecular formula is C16H13ClFNO5S. The number of hydrogen-bond acceptors (Lipinski definition) is 5. The van der Waals surface area contributed by atoms with Gasteiger partial charge in [-0.05, 0) is 30.3 Å². The first-order valence-electron chi connectivity index (χ1n) is 6.89. The Morgan fingerprint density at radius 1 is 1.20 bits per heavy atom. The van der Waals surface area contributed by atoms with Crippen LogP contribution in [0.5, 0.6) is 0 Å². The third-order valence-electron chi connectivity index (χ3n) is 3.05. The van der Waals surface area contributed by atoms with Gasteiger partial charge in [0.15, 0.2) is 16.4 Å². The Balaban J connectivity index is 2.04. The third kappa shape index (κ3) is 5.01. The Morgan fingerprint density at radius 3 is 2.52 bits per heavy atom. The second-order valence-corrected chi connectivity index (χ2v) is 7.41. The molecule has 25 heavy (non-hydrogen) atoms. The zero-order valence-electron chi connectivity index (χ0n) is 13.0. The molecule has 0 radical (unpaired) electrons. The minimum atomic E-state index is -3.63. The van der Waals surface area contributed by atoms with Gasteiger partial charge >= 0.3 is 5.97 Å². The molecule has 1 amide bonds. The van der Waals surface area contributed by atoms with E-state index in [0.717, 1.165) is 18.4 Å². The highest BCUT2D eigenvalue weighted by atomic mass is 35.5. The van der Waals surface area contributed by atoms with E-state index in [4.69, 9.17) is 16.3 Å². The Bertz CT molecular complexity index is 930. The van der Waals surface area contributed by atoms with Gasteiger partial charge in [-0.25, -0.2) is 17.6 Å². The lowest BCUT2D eigenvalue weighted by Gasteiger charge is -2.09. The van der Waals surface area contributed by atoms with Gasteiger partial charge in [0.2, 0.25) is 0 Å². The largest absolute Gasteiger partial charge is 0.452 e. The van der Waals surface area contributed by atoms with E-state index in [1.165, 1.54) is 30.3 Å². The van der Waals surface area contributed by atoms with Crippen LogP contribution in [0.3, 0.4) is 0 Å². The van der Waals surface area contributed by atoms with Crippen LogP contribution in [0.1, 0.15) is 10.4 Å². The summed E-state index contributed by atoms with van der Waals surface area (Å²) < 4.78 is 41.1. The van der Waals surface area contributed by atoms with E-state index in [0.29, 0.717) is 0 Å². The molecule has 132 valence electrons. The molecule has 0 aliphatic heterocycles. The summed E-state index contributed by atoms with van der Waals surface area (Å²) in [4.78, 5) is 23.7. The van der Waals surface area contributed by atoms with Crippen molar-refractivity contribution in [3.8, 4) is 0 Å². The van der Waals surface area contributed by atoms with E-state index < -0.39 is 34.1 Å². The van der Waals surface area contributed by atoms with Crippen LogP contribution in [-0.2, 0) is 19.4 Å². The van der Waals surface area contributed by atoms with Crippen LogP contribution in [0.4, 0.5) is 10.1 Å². The summed E-state index contributed by atoms with van der Waals surface area (Å²) in [5.74, 6) is -2.23. The van der Waals surface area contributed by atoms with Gasteiger partial charge in [-0.1, -0.05) is 23.7 Å². The summed E-state index contributed by atoms with van der Waals surface area (Å²) in [6, 6.07) is 8.88. The fraction of sp³-hybridized carbons (Fsp3) is 0.125. The number of amides is 1. The van der Waals surface area contributed by atoms with Crippen molar-refractivity contribution >= 4 is 39.0 Å². The number of esters is 1. The molecule has 0 spiro atoms. The number of halogens is 2. The van der Waals surface area contributed by atoms with E-state index in [2.05, 4.69) is 5.32 Å². The third-order valence-corrected chi connectivity index (χ3v) is 4.51. The average Bonchev–Trinajstić information content (AvgIpc) is 2.54. The fourth-order valence-electron chi connectivity index (χ4n) is 1.94. The maximum absolute atomic E-state index is 12.9. The zero-order chi connectivity index (χ0) is 18.6. The number of anilines is 1. The summed E-state index contributed by atoms with van der Waals surface area (Å²) in [5, 5.41) is 2.34. The van der Waals surface area contributed by atoms with Gasteiger partial charge in [0.1, 0.15) is 5.82 Å². The van der Waals surface area contributed by atoms with Crippen molar-refractivity contribution in [2.45, 2.75) is 4.90 Å². The van der Waals surface area contributed by atoms with Crippen LogP contribution in [0.2, 0.25) is 5.02 Å². The molecule has 2 aromatic carbocycles. The average molecular weight is 386 g/mol. The number of benzene rings is 2. The van der Waals surface area contributed by atoms with E-state index in [-0.39, 0.29) is 21.2 Å². The van der Waals surface area contributed by atoms with Gasteiger partial charge in [0.05, 0.1) is 21.2 Å². The number of sulfone groups is 1. The first kappa shape index (κ1) is 18.9. The van der Waals surface area contributed by atoms with Crippen LogP contribution in [0, 0.1) is 5.82 Å². The summed E-state index contributed by atoms with van der Waals surface area (Å²) >= 11 is 5.77. The second kappa shape index (κ2) is 7.62. The molecule has 1 N–H and O–H groups in total. The second-order valence-electron chi connectivity index (χ2n) is 5.02. The Labute approximate surface area is 148 Å². The van der Waals surface area contributed by atoms with Gasteiger partial charge in [-0.3, -0.25) is 4.79 Å². The fourth-order valence-corrected chi connectivity index (χ4v) is 3.04. The summed E-state index contributed by atoms with van der Waals surface area (Å²) in [6.07, 6.45) is 0.961. The highest BCUT2D eigenvalue weighted by molar-refractivity contribution is 7.90. The van der Waals surface area contributed by atoms with Crippen LogP contribution < -0.4 is 5.32 Å². The van der Waals surface area contributed by atoms with Crippen LogP contribution >= 0.6 is 11.6 Å². The van der Waals surface area contributed by atoms with E-state index in [9.17, 15) is 22.4 Å². The number of hydrogen-bond donors (Lipinski definition) is 1. The summed E-state index contributed by atoms with van der Waals surface area (Å²) in [5.41, 5.74) is -0.0155. The topological polar surface area (TPSA) is 89.5 Å². The maximum Gasteiger partial charge on any atom is 0.339 e. The molecule has 6 nitrogen and oxygen atoms in total. The van der Waals surface area contributed by atoms with Crippen molar-refractivity contribution in [2.24, 2.45) is 0 Å². The van der Waals surface area contributed by atoms with Crippen molar-refractivity contribution in [1.82, 2.24) is 0 Å². The highest BCUT2D eigenvalue weighted by Crippen LogP contribution is 2.22. The smallest absolute Gasteiger partial charge is 0.339 e. The minimum absolute atomic E-state index is 0.0119. The normalized spacial score (nSPS) is 11.0. The standard InChI is InChI=1S/C16H13ClFNO5S/c1-25(22,23)14-5-3-2-4-11(14)16(21)24-9-15(20)19-13-7-6-10(18)8-12(13)17/h2-8H,9H2,1H3,(H,19,20). The summed E-state index contributed by atoms with van der Waals surface area (Å²) in [6.45, 7) is -0.662. The molecule has 0 aliphatic carbocycles. The molecule has 0 aromatic heterocycles. The quantitative estimate of drug-likeness (QED) is 0.799. The van der Waals surface area contributed by atoms with Crippen molar-refractivity contribution in [2.75, 3.05) is 18.2 Å². The van der Waals surface area contributed by atoms with Crippen molar-refractivity contribution < 1.29 is 27.1 Å². The maximum atomic E-state index is 12.9. The van der Waals surface area contributed by atoms with E-state index in [1.54, 1.807) is 0 Å². The molecule has 0 heterocycles. The monoisotopic (exact) mass is 385 g/mol. The number of rotatable bonds is 5. The molecule has 0 fully saturated rings. The zero-order valence-corrected chi connectivity index (χ0v) is 14.5. The number of carbonyl (C=O) groups is 2. The lowest BCUT2D eigenvalue weighted by atomic mass is 10.2. The first-order chi connectivity index (χ1) is 11.7. The van der Waals surface area contributed by atoms with Gasteiger partial charge < -0.3 is 10.1 Å². The van der Waals surface area contributed by atoms with Gasteiger partial charge in [0.25, 0.3) is 5.91 Å². The Kier molecular flexibility index (Phi) is 5.76. The van der Waals surface area contributed by atoms with Crippen LogP contribution in [-0.4, -0.2) is 33.2 Å². The van der Waals surface area contributed by atoms with E-state index in [1.807, 2.05) is 0 Å². The Hall–Kier alpha value is -2.45. The molecule has 9 heteroatoms. The van der Waals surface area contributed by atoms with Gasteiger partial charge in [-0.2, -0.15) is 0 Å². The predicted octanol–water partition coefficient (Wildman–Crippen LogP) is 2.68.